The fraction of sp³-hybridized carbons (Fsp3) is 0.386. The van der Waals surface area contributed by atoms with Crippen molar-refractivity contribution in [3.05, 3.63) is 123 Å². The summed E-state index contributed by atoms with van der Waals surface area (Å²) in [5.41, 5.74) is 7.70. The van der Waals surface area contributed by atoms with Gasteiger partial charge in [0.2, 0.25) is 0 Å². The lowest BCUT2D eigenvalue weighted by molar-refractivity contribution is -0.114. The molecule has 262 valence electrons. The van der Waals surface area contributed by atoms with E-state index in [2.05, 4.69) is 60.3 Å². The average molecular weight is 683 g/mol. The van der Waals surface area contributed by atoms with E-state index in [0.717, 1.165) is 48.9 Å². The van der Waals surface area contributed by atoms with Crippen LogP contribution in [0.25, 0.3) is 0 Å². The highest BCUT2D eigenvalue weighted by molar-refractivity contribution is 5.94. The number of rotatable bonds is 8. The van der Waals surface area contributed by atoms with Crippen LogP contribution in [0, 0.1) is 29.1 Å². The van der Waals surface area contributed by atoms with E-state index in [1.807, 2.05) is 37.3 Å². The first-order chi connectivity index (χ1) is 24.5. The number of amides is 1. The highest BCUT2D eigenvalue weighted by Gasteiger charge is 2.62. The van der Waals surface area contributed by atoms with Crippen LogP contribution in [0.3, 0.4) is 0 Å². The summed E-state index contributed by atoms with van der Waals surface area (Å²) in [5, 5.41) is 24.1. The second kappa shape index (κ2) is 13.7. The van der Waals surface area contributed by atoms with Gasteiger partial charge in [0.25, 0.3) is 5.91 Å². The SMILES string of the molecule is CC#C[C@]1(O)CC[C@H]2[C@@H]3CCC4=CC(=O)CCC4=C3[C@@H](c3ccc(N(C)Cc4ccc(C(=O)NCc5cccc(C(=O)O)c5)cc4)cc3)C[C@@]21C. The first-order valence-corrected chi connectivity index (χ1v) is 18.1. The van der Waals surface area contributed by atoms with Crippen LogP contribution in [0.5, 0.6) is 0 Å². The molecule has 0 radical (unpaired) electrons. The Bertz CT molecular complexity index is 2000. The van der Waals surface area contributed by atoms with Crippen LogP contribution in [0.4, 0.5) is 5.69 Å². The van der Waals surface area contributed by atoms with Crippen molar-refractivity contribution in [3.63, 3.8) is 0 Å². The number of ketones is 1. The number of hydrogen-bond acceptors (Lipinski definition) is 5. The molecule has 0 heterocycles. The lowest BCUT2D eigenvalue weighted by atomic mass is 9.51. The quantitative estimate of drug-likeness (QED) is 0.211. The molecule has 2 saturated carbocycles. The van der Waals surface area contributed by atoms with E-state index >= 15 is 0 Å². The number of nitrogens with zero attached hydrogens (tertiary/aromatic N) is 1. The molecule has 0 aromatic heterocycles. The summed E-state index contributed by atoms with van der Waals surface area (Å²) < 4.78 is 0. The van der Waals surface area contributed by atoms with Gasteiger partial charge in [0, 0.05) is 49.1 Å². The molecule has 0 bridgehead atoms. The molecule has 0 unspecified atom stereocenters. The van der Waals surface area contributed by atoms with Crippen molar-refractivity contribution in [2.75, 3.05) is 11.9 Å². The molecular formula is C44H46N2O5. The van der Waals surface area contributed by atoms with E-state index in [4.69, 9.17) is 0 Å². The van der Waals surface area contributed by atoms with Crippen LogP contribution < -0.4 is 10.2 Å². The number of carboxylic acid groups (broad SMARTS) is 1. The number of aliphatic hydroxyl groups is 1. The van der Waals surface area contributed by atoms with Crippen LogP contribution >= 0.6 is 0 Å². The number of aromatic carboxylic acids is 1. The van der Waals surface area contributed by atoms with Gasteiger partial charge in [-0.15, -0.1) is 5.92 Å². The van der Waals surface area contributed by atoms with Crippen molar-refractivity contribution in [3.8, 4) is 11.8 Å². The Hall–Kier alpha value is -4.93. The van der Waals surface area contributed by atoms with Crippen molar-refractivity contribution in [1.29, 1.82) is 0 Å². The monoisotopic (exact) mass is 682 g/mol. The Labute approximate surface area is 300 Å². The summed E-state index contributed by atoms with van der Waals surface area (Å²) >= 11 is 0. The van der Waals surface area contributed by atoms with E-state index in [-0.39, 0.29) is 35.1 Å². The smallest absolute Gasteiger partial charge is 0.335 e. The summed E-state index contributed by atoms with van der Waals surface area (Å²) in [6.07, 6.45) is 7.78. The van der Waals surface area contributed by atoms with E-state index in [9.17, 15) is 24.6 Å². The van der Waals surface area contributed by atoms with E-state index in [1.165, 1.54) is 28.3 Å². The molecule has 7 heteroatoms. The Morgan fingerprint density at radius 3 is 2.45 bits per heavy atom. The zero-order valence-electron chi connectivity index (χ0n) is 29.7. The summed E-state index contributed by atoms with van der Waals surface area (Å²) in [6, 6.07) is 23.0. The predicted molar refractivity (Wildman–Crippen MR) is 198 cm³/mol. The topological polar surface area (TPSA) is 107 Å². The third-order valence-corrected chi connectivity index (χ3v) is 12.2. The number of carbonyl (C=O) groups excluding carboxylic acids is 2. The van der Waals surface area contributed by atoms with Crippen LogP contribution in [0.1, 0.15) is 102 Å². The van der Waals surface area contributed by atoms with E-state index in [0.29, 0.717) is 36.8 Å². The second-order valence-corrected chi connectivity index (χ2v) is 15.1. The third-order valence-electron chi connectivity index (χ3n) is 12.2. The number of fused-ring (bicyclic) bond motifs is 4. The van der Waals surface area contributed by atoms with Gasteiger partial charge < -0.3 is 20.4 Å². The molecule has 0 saturated heterocycles. The van der Waals surface area contributed by atoms with Crippen LogP contribution in [-0.4, -0.2) is 40.5 Å². The largest absolute Gasteiger partial charge is 0.478 e. The Balaban J connectivity index is 1.07. The number of benzene rings is 3. The van der Waals surface area contributed by atoms with E-state index in [1.54, 1.807) is 18.2 Å². The third kappa shape index (κ3) is 6.43. The molecule has 4 aliphatic rings. The maximum absolute atomic E-state index is 12.8. The number of carboxylic acids is 1. The van der Waals surface area contributed by atoms with Crippen molar-refractivity contribution < 1.29 is 24.6 Å². The molecule has 7 rings (SSSR count). The normalized spacial score (nSPS) is 26.5. The molecule has 4 aliphatic carbocycles. The van der Waals surface area contributed by atoms with Gasteiger partial charge in [-0.1, -0.05) is 54.8 Å². The average Bonchev–Trinajstić information content (AvgIpc) is 3.39. The lowest BCUT2D eigenvalue weighted by Gasteiger charge is -2.53. The summed E-state index contributed by atoms with van der Waals surface area (Å²) in [7, 11) is 2.06. The zero-order valence-corrected chi connectivity index (χ0v) is 29.7. The maximum atomic E-state index is 12.8. The zero-order chi connectivity index (χ0) is 35.9. The van der Waals surface area contributed by atoms with Gasteiger partial charge in [0.1, 0.15) is 5.60 Å². The predicted octanol–water partition coefficient (Wildman–Crippen LogP) is 7.61. The van der Waals surface area contributed by atoms with Crippen molar-refractivity contribution in [2.24, 2.45) is 17.3 Å². The number of allylic oxidation sites excluding steroid dienone is 4. The van der Waals surface area contributed by atoms with Crippen LogP contribution in [0.15, 0.2) is 95.6 Å². The van der Waals surface area contributed by atoms with Gasteiger partial charge >= 0.3 is 5.97 Å². The molecule has 0 aliphatic heterocycles. The number of hydrogen-bond donors (Lipinski definition) is 3. The molecule has 5 atom stereocenters. The minimum Gasteiger partial charge on any atom is -0.478 e. The van der Waals surface area contributed by atoms with Crippen molar-refractivity contribution in [2.45, 2.75) is 83.4 Å². The van der Waals surface area contributed by atoms with Gasteiger partial charge in [0.05, 0.1) is 5.56 Å². The fourth-order valence-corrected chi connectivity index (χ4v) is 9.56. The number of nitrogens with one attached hydrogen (secondary N) is 1. The van der Waals surface area contributed by atoms with Crippen molar-refractivity contribution in [1.82, 2.24) is 5.32 Å². The molecule has 3 aromatic rings. The standard InChI is InChI=1S/C44H46N2O5/c1-4-21-44(51)22-20-39-37-18-14-32-24-35(47)17-19-36(32)40(37)38(25-43(39,44)2)30-12-15-34(16-13-30)46(3)27-28-8-10-31(11-9-28)41(48)45-26-29-6-5-7-33(23-29)42(49)50/h5-13,15-16,23-24,37-39,51H,14,17-20,22,25-27H2,1-3H3,(H,45,48)(H,49,50)/t37-,38+,39-,43-,44-/m0/s1. The lowest BCUT2D eigenvalue weighted by Crippen LogP contribution is -2.51. The summed E-state index contributed by atoms with van der Waals surface area (Å²) in [6.45, 7) is 5.00. The molecule has 3 N–H and O–H groups in total. The molecule has 0 spiro atoms. The summed E-state index contributed by atoms with van der Waals surface area (Å²) in [4.78, 5) is 38.7. The second-order valence-electron chi connectivity index (χ2n) is 15.1. The van der Waals surface area contributed by atoms with Crippen LogP contribution in [0.2, 0.25) is 0 Å². The number of carbonyl (C=O) groups is 3. The Kier molecular flexibility index (Phi) is 9.24. The first kappa shape index (κ1) is 34.5. The Morgan fingerprint density at radius 1 is 0.961 bits per heavy atom. The molecular weight excluding hydrogens is 636 g/mol. The first-order valence-electron chi connectivity index (χ1n) is 18.1. The molecule has 3 aromatic carbocycles. The highest BCUT2D eigenvalue weighted by atomic mass is 16.4. The molecule has 1 amide bonds. The minimum atomic E-state index is -0.997. The fourth-order valence-electron chi connectivity index (χ4n) is 9.56. The van der Waals surface area contributed by atoms with Gasteiger partial charge in [-0.3, -0.25) is 9.59 Å². The van der Waals surface area contributed by atoms with Gasteiger partial charge in [-0.25, -0.2) is 4.79 Å². The van der Waals surface area contributed by atoms with Gasteiger partial charge in [-0.05, 0) is 128 Å². The maximum Gasteiger partial charge on any atom is 0.335 e. The molecule has 7 nitrogen and oxygen atoms in total. The van der Waals surface area contributed by atoms with Gasteiger partial charge in [0.15, 0.2) is 5.78 Å². The Morgan fingerprint density at radius 2 is 1.73 bits per heavy atom. The molecule has 2 fully saturated rings. The summed E-state index contributed by atoms with van der Waals surface area (Å²) in [5.74, 6) is 6.25. The van der Waals surface area contributed by atoms with Gasteiger partial charge in [-0.2, -0.15) is 0 Å². The number of anilines is 1. The minimum absolute atomic E-state index is 0.158. The van der Waals surface area contributed by atoms with Crippen molar-refractivity contribution >= 4 is 23.3 Å². The highest BCUT2D eigenvalue weighted by Crippen LogP contribution is 2.66. The van der Waals surface area contributed by atoms with Crippen LogP contribution in [-0.2, 0) is 17.9 Å². The molecule has 51 heavy (non-hydrogen) atoms. The van der Waals surface area contributed by atoms with E-state index < -0.39 is 11.6 Å².